The quantitative estimate of drug-likeness (QED) is 0.701. The van der Waals surface area contributed by atoms with Crippen molar-refractivity contribution in [3.63, 3.8) is 0 Å². The van der Waals surface area contributed by atoms with Gasteiger partial charge in [-0.15, -0.1) is 0 Å². The molecule has 0 aliphatic heterocycles. The molecule has 1 saturated carbocycles. The van der Waals surface area contributed by atoms with Crippen LogP contribution in [0.15, 0.2) is 11.6 Å². The lowest BCUT2D eigenvalue weighted by atomic mass is 10.1. The number of halogens is 3. The minimum atomic E-state index is -4.24. The summed E-state index contributed by atoms with van der Waals surface area (Å²) in [6.45, 7) is 4.80. The standard InChI is InChI=1S/C11H15F3O2/c1-6(5-11(12,13)14)4-7-8(9(15)16)10(7,2)3/h4,7-8H,5H2,1-3H3,(H,15,16)/p-1/t7-,8+/m0/s1. The Balaban J connectivity index is 2.69. The number of hydrogen-bond acceptors (Lipinski definition) is 2. The van der Waals surface area contributed by atoms with Crippen molar-refractivity contribution in [2.75, 3.05) is 0 Å². The zero-order chi connectivity index (χ0) is 12.7. The van der Waals surface area contributed by atoms with E-state index in [9.17, 15) is 23.1 Å². The van der Waals surface area contributed by atoms with E-state index in [0.717, 1.165) is 0 Å². The highest BCUT2D eigenvalue weighted by Gasteiger charge is 2.57. The summed E-state index contributed by atoms with van der Waals surface area (Å²) in [4.78, 5) is 10.7. The maximum absolute atomic E-state index is 12.1. The van der Waals surface area contributed by atoms with Gasteiger partial charge in [0.2, 0.25) is 0 Å². The van der Waals surface area contributed by atoms with Gasteiger partial charge >= 0.3 is 6.18 Å². The van der Waals surface area contributed by atoms with Crippen molar-refractivity contribution in [2.24, 2.45) is 17.3 Å². The molecule has 5 heteroatoms. The number of hydrogen-bond donors (Lipinski definition) is 0. The molecule has 0 bridgehead atoms. The van der Waals surface area contributed by atoms with Gasteiger partial charge in [-0.1, -0.05) is 25.5 Å². The van der Waals surface area contributed by atoms with E-state index < -0.39 is 29.9 Å². The highest BCUT2D eigenvalue weighted by atomic mass is 19.4. The number of carbonyl (C=O) groups is 1. The third-order valence-corrected chi connectivity index (χ3v) is 3.11. The van der Waals surface area contributed by atoms with Crippen LogP contribution in [-0.2, 0) is 4.79 Å². The molecule has 0 radical (unpaired) electrons. The Morgan fingerprint density at radius 3 is 2.25 bits per heavy atom. The zero-order valence-corrected chi connectivity index (χ0v) is 9.39. The van der Waals surface area contributed by atoms with Crippen LogP contribution in [0.2, 0.25) is 0 Å². The maximum atomic E-state index is 12.1. The van der Waals surface area contributed by atoms with Crippen molar-refractivity contribution in [1.82, 2.24) is 0 Å². The predicted molar refractivity (Wildman–Crippen MR) is 50.2 cm³/mol. The first kappa shape index (κ1) is 13.1. The minimum absolute atomic E-state index is 0.161. The van der Waals surface area contributed by atoms with E-state index >= 15 is 0 Å². The average molecular weight is 235 g/mol. The maximum Gasteiger partial charge on any atom is 0.392 e. The lowest BCUT2D eigenvalue weighted by Gasteiger charge is -2.06. The number of carboxylic acids is 1. The van der Waals surface area contributed by atoms with Crippen LogP contribution in [0.5, 0.6) is 0 Å². The lowest BCUT2D eigenvalue weighted by Crippen LogP contribution is -2.26. The van der Waals surface area contributed by atoms with Gasteiger partial charge in [-0.3, -0.25) is 0 Å². The second kappa shape index (κ2) is 3.79. The molecule has 0 aromatic rings. The lowest BCUT2D eigenvalue weighted by molar-refractivity contribution is -0.309. The Morgan fingerprint density at radius 1 is 1.44 bits per heavy atom. The minimum Gasteiger partial charge on any atom is -0.550 e. The number of rotatable bonds is 3. The normalized spacial score (nSPS) is 29.0. The first-order valence-electron chi connectivity index (χ1n) is 5.00. The van der Waals surface area contributed by atoms with Gasteiger partial charge in [-0.25, -0.2) is 0 Å². The Morgan fingerprint density at radius 2 is 1.94 bits per heavy atom. The van der Waals surface area contributed by atoms with Crippen LogP contribution in [-0.4, -0.2) is 12.1 Å². The van der Waals surface area contributed by atoms with Crippen LogP contribution >= 0.6 is 0 Å². The van der Waals surface area contributed by atoms with Crippen molar-refractivity contribution in [1.29, 1.82) is 0 Å². The summed E-state index contributed by atoms with van der Waals surface area (Å²) in [5, 5.41) is 10.7. The summed E-state index contributed by atoms with van der Waals surface area (Å²) < 4.78 is 36.2. The van der Waals surface area contributed by atoms with Crippen molar-refractivity contribution >= 4 is 5.97 Å². The smallest absolute Gasteiger partial charge is 0.392 e. The van der Waals surface area contributed by atoms with E-state index in [0.29, 0.717) is 0 Å². The average Bonchev–Trinajstić information content (AvgIpc) is 2.47. The van der Waals surface area contributed by atoms with Gasteiger partial charge in [0.05, 0.1) is 6.42 Å². The van der Waals surface area contributed by atoms with Crippen LogP contribution in [0.1, 0.15) is 27.2 Å². The molecule has 0 spiro atoms. The highest BCUT2D eigenvalue weighted by molar-refractivity contribution is 5.74. The molecule has 1 aliphatic carbocycles. The molecular weight excluding hydrogens is 221 g/mol. The van der Waals surface area contributed by atoms with E-state index in [-0.39, 0.29) is 11.5 Å². The summed E-state index contributed by atoms with van der Waals surface area (Å²) >= 11 is 0. The number of carbonyl (C=O) groups excluding carboxylic acids is 1. The molecule has 0 unspecified atom stereocenters. The predicted octanol–water partition coefficient (Wildman–Crippen LogP) is 1.91. The molecule has 1 fully saturated rings. The van der Waals surface area contributed by atoms with Gasteiger partial charge in [0, 0.05) is 11.9 Å². The van der Waals surface area contributed by atoms with Crippen LogP contribution < -0.4 is 5.11 Å². The third kappa shape index (κ3) is 2.77. The summed E-state index contributed by atoms with van der Waals surface area (Å²) in [5.74, 6) is -2.21. The molecule has 92 valence electrons. The van der Waals surface area contributed by atoms with Crippen molar-refractivity contribution in [3.05, 3.63) is 11.6 Å². The molecule has 16 heavy (non-hydrogen) atoms. The summed E-state index contributed by atoms with van der Waals surface area (Å²) in [6.07, 6.45) is -3.82. The Labute approximate surface area is 92.1 Å². The van der Waals surface area contributed by atoms with E-state index in [4.69, 9.17) is 0 Å². The second-order valence-corrected chi connectivity index (χ2v) is 4.95. The van der Waals surface area contributed by atoms with Gasteiger partial charge in [0.25, 0.3) is 0 Å². The van der Waals surface area contributed by atoms with E-state index in [1.165, 1.54) is 13.0 Å². The molecule has 0 aromatic heterocycles. The van der Waals surface area contributed by atoms with E-state index in [2.05, 4.69) is 0 Å². The Kier molecular flexibility index (Phi) is 3.09. The van der Waals surface area contributed by atoms with Crippen LogP contribution in [0.25, 0.3) is 0 Å². The SMILES string of the molecule is CC(=C[C@H]1[C@H](C(=O)[O-])C1(C)C)CC(F)(F)F. The zero-order valence-electron chi connectivity index (χ0n) is 9.39. The molecule has 0 N–H and O–H groups in total. The second-order valence-electron chi connectivity index (χ2n) is 4.95. The highest BCUT2D eigenvalue weighted by Crippen LogP contribution is 2.59. The van der Waals surface area contributed by atoms with Gasteiger partial charge < -0.3 is 9.90 Å². The van der Waals surface area contributed by atoms with Gasteiger partial charge in [-0.05, 0) is 18.3 Å². The molecule has 0 saturated heterocycles. The van der Waals surface area contributed by atoms with Crippen LogP contribution in [0.4, 0.5) is 13.2 Å². The number of aliphatic carboxylic acids is 1. The fourth-order valence-corrected chi connectivity index (χ4v) is 2.12. The summed E-state index contributed by atoms with van der Waals surface area (Å²) in [7, 11) is 0. The first-order valence-corrected chi connectivity index (χ1v) is 5.00. The molecule has 0 amide bonds. The number of carboxylic acid groups (broad SMARTS) is 1. The Hall–Kier alpha value is -1.00. The molecule has 0 heterocycles. The summed E-state index contributed by atoms with van der Waals surface area (Å²) in [6, 6.07) is 0. The first-order chi connectivity index (χ1) is 7.05. The molecule has 1 aliphatic rings. The Bertz CT molecular complexity index is 329. The topological polar surface area (TPSA) is 40.1 Å². The van der Waals surface area contributed by atoms with Gasteiger partial charge in [-0.2, -0.15) is 13.2 Å². The number of allylic oxidation sites excluding steroid dienone is 2. The molecule has 2 atom stereocenters. The van der Waals surface area contributed by atoms with Crippen molar-refractivity contribution in [2.45, 2.75) is 33.4 Å². The monoisotopic (exact) mass is 235 g/mol. The van der Waals surface area contributed by atoms with Crippen LogP contribution in [0.3, 0.4) is 0 Å². The van der Waals surface area contributed by atoms with E-state index in [1.807, 2.05) is 0 Å². The number of alkyl halides is 3. The fourth-order valence-electron chi connectivity index (χ4n) is 2.12. The summed E-state index contributed by atoms with van der Waals surface area (Å²) in [5.41, 5.74) is -0.333. The van der Waals surface area contributed by atoms with Gasteiger partial charge in [0.15, 0.2) is 0 Å². The molecule has 0 aromatic carbocycles. The molecule has 1 rings (SSSR count). The van der Waals surface area contributed by atoms with E-state index in [1.54, 1.807) is 13.8 Å². The third-order valence-electron chi connectivity index (χ3n) is 3.11. The van der Waals surface area contributed by atoms with Crippen molar-refractivity contribution in [3.8, 4) is 0 Å². The fraction of sp³-hybridized carbons (Fsp3) is 0.727. The molecule has 2 nitrogen and oxygen atoms in total. The molecular formula is C11H14F3O2-. The van der Waals surface area contributed by atoms with Crippen LogP contribution in [0, 0.1) is 17.3 Å². The largest absolute Gasteiger partial charge is 0.550 e. The van der Waals surface area contributed by atoms with Gasteiger partial charge in [0.1, 0.15) is 0 Å². The van der Waals surface area contributed by atoms with Crippen molar-refractivity contribution < 1.29 is 23.1 Å².